The quantitative estimate of drug-likeness (QED) is 0.750. The molecule has 3 heteroatoms. The summed E-state index contributed by atoms with van der Waals surface area (Å²) < 4.78 is 0. The molecule has 0 spiro atoms. The van der Waals surface area contributed by atoms with Crippen molar-refractivity contribution in [3.63, 3.8) is 0 Å². The molecular weight excluding hydrogens is 212 g/mol. The van der Waals surface area contributed by atoms with Gasteiger partial charge in [-0.1, -0.05) is 13.3 Å². The van der Waals surface area contributed by atoms with E-state index in [1.54, 1.807) is 0 Å². The molecule has 0 unspecified atom stereocenters. The van der Waals surface area contributed by atoms with E-state index in [4.69, 9.17) is 0 Å². The molecule has 0 saturated heterocycles. The van der Waals surface area contributed by atoms with Crippen molar-refractivity contribution in [1.82, 2.24) is 4.90 Å². The van der Waals surface area contributed by atoms with Crippen molar-refractivity contribution in [3.05, 3.63) is 0 Å². The van der Waals surface area contributed by atoms with E-state index in [1.165, 1.54) is 19.3 Å². The van der Waals surface area contributed by atoms with Crippen LogP contribution < -0.4 is 0 Å². The molecule has 2 fully saturated rings. The van der Waals surface area contributed by atoms with Crippen molar-refractivity contribution in [2.75, 3.05) is 13.1 Å². The Morgan fingerprint density at radius 1 is 1.47 bits per heavy atom. The summed E-state index contributed by atoms with van der Waals surface area (Å²) in [6.45, 7) is 5.75. The summed E-state index contributed by atoms with van der Waals surface area (Å²) in [5.41, 5.74) is -0.681. The van der Waals surface area contributed by atoms with Gasteiger partial charge in [-0.3, -0.25) is 4.79 Å². The summed E-state index contributed by atoms with van der Waals surface area (Å²) in [7, 11) is 0. The van der Waals surface area contributed by atoms with Gasteiger partial charge in [0.1, 0.15) is 5.41 Å². The van der Waals surface area contributed by atoms with Crippen LogP contribution in [0.2, 0.25) is 0 Å². The predicted octanol–water partition coefficient (Wildman–Crippen LogP) is 2.57. The van der Waals surface area contributed by atoms with Gasteiger partial charge in [0.15, 0.2) is 0 Å². The van der Waals surface area contributed by atoms with Crippen LogP contribution in [0.3, 0.4) is 0 Å². The number of rotatable bonds is 4. The number of hydrogen-bond acceptors (Lipinski definition) is 2. The molecule has 0 radical (unpaired) electrons. The number of amides is 1. The summed E-state index contributed by atoms with van der Waals surface area (Å²) >= 11 is 0. The Balaban J connectivity index is 1.98. The van der Waals surface area contributed by atoms with E-state index < -0.39 is 5.41 Å². The molecule has 0 aromatic rings. The maximum Gasteiger partial charge on any atom is 0.243 e. The molecule has 0 bridgehead atoms. The lowest BCUT2D eigenvalue weighted by atomic mass is 9.62. The molecule has 0 aliphatic heterocycles. The van der Waals surface area contributed by atoms with Crippen LogP contribution in [0.25, 0.3) is 0 Å². The Kier molecular flexibility index (Phi) is 3.42. The van der Waals surface area contributed by atoms with Gasteiger partial charge in [0.05, 0.1) is 6.07 Å². The fraction of sp³-hybridized carbons (Fsp3) is 0.857. The minimum atomic E-state index is -0.681. The highest BCUT2D eigenvalue weighted by atomic mass is 16.2. The molecule has 94 valence electrons. The lowest BCUT2D eigenvalue weighted by molar-refractivity contribution is -0.146. The lowest BCUT2D eigenvalue weighted by Gasteiger charge is -2.43. The Bertz CT molecular complexity index is 335. The van der Waals surface area contributed by atoms with Gasteiger partial charge in [0.25, 0.3) is 0 Å². The average molecular weight is 234 g/mol. The van der Waals surface area contributed by atoms with Gasteiger partial charge >= 0.3 is 0 Å². The first-order valence-corrected chi connectivity index (χ1v) is 6.82. The van der Waals surface area contributed by atoms with Crippen molar-refractivity contribution in [1.29, 1.82) is 5.26 Å². The summed E-state index contributed by atoms with van der Waals surface area (Å²) in [5, 5.41) is 9.28. The Labute approximate surface area is 104 Å². The van der Waals surface area contributed by atoms with E-state index in [9.17, 15) is 10.1 Å². The number of hydrogen-bond donors (Lipinski definition) is 0. The minimum absolute atomic E-state index is 0.0903. The van der Waals surface area contributed by atoms with Crippen LogP contribution in [-0.4, -0.2) is 23.9 Å². The van der Waals surface area contributed by atoms with E-state index in [1.807, 2.05) is 11.8 Å². The van der Waals surface area contributed by atoms with Crippen molar-refractivity contribution >= 4 is 5.91 Å². The molecule has 2 aliphatic rings. The van der Waals surface area contributed by atoms with Gasteiger partial charge < -0.3 is 4.90 Å². The molecule has 0 aromatic heterocycles. The fourth-order valence-electron chi connectivity index (χ4n) is 3.09. The standard InChI is InChI=1S/C14H22N2O/c1-3-16(9-12-5-4-6-12)13(17)14(10-15)7-11(2)8-14/h11-12H,3-9H2,1-2H3. The zero-order valence-corrected chi connectivity index (χ0v) is 10.9. The third-order valence-electron chi connectivity index (χ3n) is 4.39. The Hall–Kier alpha value is -1.04. The molecule has 17 heavy (non-hydrogen) atoms. The van der Waals surface area contributed by atoms with Crippen LogP contribution in [0.1, 0.15) is 46.0 Å². The zero-order valence-electron chi connectivity index (χ0n) is 10.9. The summed E-state index contributed by atoms with van der Waals surface area (Å²) in [5.74, 6) is 1.31. The average Bonchev–Trinajstić information content (AvgIpc) is 2.22. The maximum absolute atomic E-state index is 12.4. The van der Waals surface area contributed by atoms with Crippen LogP contribution >= 0.6 is 0 Å². The molecule has 2 saturated carbocycles. The van der Waals surface area contributed by atoms with E-state index in [-0.39, 0.29) is 5.91 Å². The number of carbonyl (C=O) groups is 1. The Morgan fingerprint density at radius 2 is 2.12 bits per heavy atom. The number of nitrogens with zero attached hydrogens (tertiary/aromatic N) is 2. The van der Waals surface area contributed by atoms with E-state index in [0.717, 1.165) is 25.9 Å². The third-order valence-corrected chi connectivity index (χ3v) is 4.39. The highest BCUT2D eigenvalue weighted by Gasteiger charge is 2.50. The third kappa shape index (κ3) is 2.18. The van der Waals surface area contributed by atoms with Gasteiger partial charge in [0, 0.05) is 13.1 Å². The van der Waals surface area contributed by atoms with Crippen LogP contribution in [0.4, 0.5) is 0 Å². The first kappa shape index (κ1) is 12.4. The first-order chi connectivity index (χ1) is 8.11. The summed E-state index contributed by atoms with van der Waals surface area (Å²) in [4.78, 5) is 14.3. The highest BCUT2D eigenvalue weighted by Crippen LogP contribution is 2.46. The molecular formula is C14H22N2O. The van der Waals surface area contributed by atoms with Crippen molar-refractivity contribution < 1.29 is 4.79 Å². The topological polar surface area (TPSA) is 44.1 Å². The number of carbonyl (C=O) groups excluding carboxylic acids is 1. The number of nitriles is 1. The van der Waals surface area contributed by atoms with Crippen LogP contribution in [0.15, 0.2) is 0 Å². The monoisotopic (exact) mass is 234 g/mol. The van der Waals surface area contributed by atoms with Crippen LogP contribution in [-0.2, 0) is 4.79 Å². The second-order valence-corrected chi connectivity index (χ2v) is 5.85. The first-order valence-electron chi connectivity index (χ1n) is 6.82. The molecule has 0 heterocycles. The minimum Gasteiger partial charge on any atom is -0.341 e. The van der Waals surface area contributed by atoms with Gasteiger partial charge in [0.2, 0.25) is 5.91 Å². The van der Waals surface area contributed by atoms with Gasteiger partial charge in [-0.05, 0) is 44.4 Å². The molecule has 0 N–H and O–H groups in total. The van der Waals surface area contributed by atoms with Gasteiger partial charge in [-0.2, -0.15) is 5.26 Å². The van der Waals surface area contributed by atoms with E-state index in [0.29, 0.717) is 11.8 Å². The summed E-state index contributed by atoms with van der Waals surface area (Å²) in [6.07, 6.45) is 5.31. The van der Waals surface area contributed by atoms with Crippen molar-refractivity contribution in [2.24, 2.45) is 17.3 Å². The largest absolute Gasteiger partial charge is 0.341 e. The predicted molar refractivity (Wildman–Crippen MR) is 66.0 cm³/mol. The maximum atomic E-state index is 12.4. The molecule has 2 aliphatic carbocycles. The fourth-order valence-corrected chi connectivity index (χ4v) is 3.09. The molecule has 0 atom stereocenters. The van der Waals surface area contributed by atoms with Gasteiger partial charge in [-0.15, -0.1) is 0 Å². The molecule has 1 amide bonds. The summed E-state index contributed by atoms with van der Waals surface area (Å²) in [6, 6.07) is 2.28. The lowest BCUT2D eigenvalue weighted by Crippen LogP contribution is -2.51. The Morgan fingerprint density at radius 3 is 2.47 bits per heavy atom. The molecule has 2 rings (SSSR count). The highest BCUT2D eigenvalue weighted by molar-refractivity contribution is 5.86. The van der Waals surface area contributed by atoms with Crippen LogP contribution in [0, 0.1) is 28.6 Å². The van der Waals surface area contributed by atoms with Crippen molar-refractivity contribution in [3.8, 4) is 6.07 Å². The van der Waals surface area contributed by atoms with Gasteiger partial charge in [-0.25, -0.2) is 0 Å². The van der Waals surface area contributed by atoms with Crippen LogP contribution in [0.5, 0.6) is 0 Å². The van der Waals surface area contributed by atoms with E-state index >= 15 is 0 Å². The normalized spacial score (nSPS) is 32.2. The second-order valence-electron chi connectivity index (χ2n) is 5.85. The van der Waals surface area contributed by atoms with Crippen molar-refractivity contribution in [2.45, 2.75) is 46.0 Å². The van der Waals surface area contributed by atoms with E-state index in [2.05, 4.69) is 13.0 Å². The SMILES string of the molecule is CCN(CC1CCC1)C(=O)C1(C#N)CC(C)C1. The zero-order chi connectivity index (χ0) is 12.5. The smallest absolute Gasteiger partial charge is 0.243 e. The second kappa shape index (κ2) is 4.68. The molecule has 3 nitrogen and oxygen atoms in total. The molecule has 0 aromatic carbocycles.